The Balaban J connectivity index is 2.29. The van der Waals surface area contributed by atoms with E-state index < -0.39 is 0 Å². The quantitative estimate of drug-likeness (QED) is 0.594. The Hall–Kier alpha value is -0.610. The molecule has 0 saturated carbocycles. The SMILES string of the molecule is CCOC(=O)[C@@H]1CO[C@@H](C)CN1. The summed E-state index contributed by atoms with van der Waals surface area (Å²) in [7, 11) is 0. The molecule has 12 heavy (non-hydrogen) atoms. The van der Waals surface area contributed by atoms with Crippen LogP contribution in [-0.4, -0.2) is 37.9 Å². The molecule has 4 nitrogen and oxygen atoms in total. The molecule has 2 atom stereocenters. The van der Waals surface area contributed by atoms with Crippen molar-refractivity contribution < 1.29 is 14.3 Å². The maximum Gasteiger partial charge on any atom is 0.325 e. The Kier molecular flexibility index (Phi) is 3.49. The Morgan fingerprint density at radius 2 is 2.50 bits per heavy atom. The van der Waals surface area contributed by atoms with Gasteiger partial charge in [-0.05, 0) is 13.8 Å². The van der Waals surface area contributed by atoms with E-state index in [-0.39, 0.29) is 18.1 Å². The number of carbonyl (C=O) groups is 1. The molecule has 0 radical (unpaired) electrons. The van der Waals surface area contributed by atoms with Gasteiger partial charge in [-0.3, -0.25) is 10.1 Å². The lowest BCUT2D eigenvalue weighted by Crippen LogP contribution is -2.50. The van der Waals surface area contributed by atoms with Gasteiger partial charge < -0.3 is 9.47 Å². The second-order valence-corrected chi connectivity index (χ2v) is 2.86. The number of hydrogen-bond acceptors (Lipinski definition) is 4. The maximum absolute atomic E-state index is 11.1. The molecule has 0 amide bonds. The molecule has 0 spiro atoms. The second-order valence-electron chi connectivity index (χ2n) is 2.86. The lowest BCUT2D eigenvalue weighted by molar-refractivity contribution is -0.149. The smallest absolute Gasteiger partial charge is 0.325 e. The summed E-state index contributed by atoms with van der Waals surface area (Å²) in [4.78, 5) is 11.1. The van der Waals surface area contributed by atoms with Gasteiger partial charge in [0.15, 0.2) is 0 Å². The Morgan fingerprint density at radius 1 is 1.75 bits per heavy atom. The van der Waals surface area contributed by atoms with Gasteiger partial charge in [0.05, 0.1) is 19.3 Å². The number of esters is 1. The van der Waals surface area contributed by atoms with E-state index in [0.717, 1.165) is 0 Å². The monoisotopic (exact) mass is 173 g/mol. The molecular weight excluding hydrogens is 158 g/mol. The van der Waals surface area contributed by atoms with Crippen molar-refractivity contribution in [3.63, 3.8) is 0 Å². The molecule has 4 heteroatoms. The van der Waals surface area contributed by atoms with Crippen LogP contribution in [0.3, 0.4) is 0 Å². The summed E-state index contributed by atoms with van der Waals surface area (Å²) in [5.74, 6) is -0.218. The van der Waals surface area contributed by atoms with Crippen molar-refractivity contribution in [1.29, 1.82) is 0 Å². The van der Waals surface area contributed by atoms with E-state index in [4.69, 9.17) is 9.47 Å². The fourth-order valence-corrected chi connectivity index (χ4v) is 1.08. The summed E-state index contributed by atoms with van der Waals surface area (Å²) in [6.07, 6.45) is 0.190. The van der Waals surface area contributed by atoms with Crippen molar-refractivity contribution in [1.82, 2.24) is 5.32 Å². The lowest BCUT2D eigenvalue weighted by atomic mass is 10.2. The van der Waals surface area contributed by atoms with E-state index in [1.165, 1.54) is 0 Å². The van der Waals surface area contributed by atoms with Gasteiger partial charge in [0.25, 0.3) is 0 Å². The van der Waals surface area contributed by atoms with Gasteiger partial charge in [-0.15, -0.1) is 0 Å². The molecule has 1 aliphatic heterocycles. The van der Waals surface area contributed by atoms with Crippen LogP contribution in [0.1, 0.15) is 13.8 Å². The fraction of sp³-hybridized carbons (Fsp3) is 0.875. The van der Waals surface area contributed by atoms with Crippen molar-refractivity contribution in [2.24, 2.45) is 0 Å². The number of carbonyl (C=O) groups excluding carboxylic acids is 1. The molecule has 1 rings (SSSR count). The Labute approximate surface area is 72.2 Å². The molecule has 1 aliphatic rings. The van der Waals surface area contributed by atoms with E-state index in [1.807, 2.05) is 6.92 Å². The van der Waals surface area contributed by atoms with Gasteiger partial charge in [0.2, 0.25) is 0 Å². The lowest BCUT2D eigenvalue weighted by Gasteiger charge is -2.26. The highest BCUT2D eigenvalue weighted by Gasteiger charge is 2.24. The molecule has 0 unspecified atom stereocenters. The van der Waals surface area contributed by atoms with E-state index in [1.54, 1.807) is 6.92 Å². The molecule has 1 N–H and O–H groups in total. The number of nitrogens with one attached hydrogen (secondary N) is 1. The highest BCUT2D eigenvalue weighted by molar-refractivity contribution is 5.76. The second kappa shape index (κ2) is 4.42. The molecule has 1 fully saturated rings. The first kappa shape index (κ1) is 9.48. The van der Waals surface area contributed by atoms with Crippen molar-refractivity contribution >= 4 is 5.97 Å². The van der Waals surface area contributed by atoms with E-state index in [0.29, 0.717) is 19.8 Å². The van der Waals surface area contributed by atoms with Gasteiger partial charge in [-0.2, -0.15) is 0 Å². The van der Waals surface area contributed by atoms with Crippen LogP contribution in [0.25, 0.3) is 0 Å². The molecule has 1 saturated heterocycles. The van der Waals surface area contributed by atoms with Gasteiger partial charge in [0.1, 0.15) is 6.04 Å². The largest absolute Gasteiger partial charge is 0.465 e. The molecule has 0 bridgehead atoms. The molecule has 1 heterocycles. The zero-order valence-corrected chi connectivity index (χ0v) is 7.50. The summed E-state index contributed by atoms with van der Waals surface area (Å²) in [6, 6.07) is -0.277. The predicted octanol–water partition coefficient (Wildman–Crippen LogP) is -0.0736. The van der Waals surface area contributed by atoms with Gasteiger partial charge in [0, 0.05) is 6.54 Å². The minimum Gasteiger partial charge on any atom is -0.465 e. The summed E-state index contributed by atoms with van der Waals surface area (Å²) in [5.41, 5.74) is 0. The van der Waals surface area contributed by atoms with Crippen LogP contribution < -0.4 is 5.32 Å². The number of hydrogen-bond donors (Lipinski definition) is 1. The maximum atomic E-state index is 11.1. The van der Waals surface area contributed by atoms with Gasteiger partial charge >= 0.3 is 5.97 Å². The van der Waals surface area contributed by atoms with Crippen molar-refractivity contribution in [3.05, 3.63) is 0 Å². The molecule has 0 aromatic rings. The fourth-order valence-electron chi connectivity index (χ4n) is 1.08. The standard InChI is InChI=1S/C8H15NO3/c1-3-11-8(10)7-5-12-6(2)4-9-7/h6-7,9H,3-5H2,1-2H3/t6-,7-/m0/s1. The third-order valence-electron chi connectivity index (χ3n) is 1.77. The molecule has 70 valence electrons. The average molecular weight is 173 g/mol. The first-order valence-corrected chi connectivity index (χ1v) is 4.25. The molecule has 0 aromatic carbocycles. The summed E-state index contributed by atoms with van der Waals surface area (Å²) in [5, 5.41) is 3.05. The van der Waals surface area contributed by atoms with Crippen LogP contribution in [0.4, 0.5) is 0 Å². The first-order valence-electron chi connectivity index (χ1n) is 4.25. The zero-order chi connectivity index (χ0) is 8.97. The minimum absolute atomic E-state index is 0.190. The van der Waals surface area contributed by atoms with E-state index >= 15 is 0 Å². The normalized spacial score (nSPS) is 29.8. The minimum atomic E-state index is -0.277. The van der Waals surface area contributed by atoms with Gasteiger partial charge in [-0.1, -0.05) is 0 Å². The van der Waals surface area contributed by atoms with Crippen LogP contribution in [0, 0.1) is 0 Å². The topological polar surface area (TPSA) is 47.6 Å². The highest BCUT2D eigenvalue weighted by atomic mass is 16.5. The molecule has 0 aromatic heterocycles. The number of rotatable bonds is 2. The van der Waals surface area contributed by atoms with Crippen molar-refractivity contribution in [3.8, 4) is 0 Å². The van der Waals surface area contributed by atoms with Crippen LogP contribution in [0.2, 0.25) is 0 Å². The van der Waals surface area contributed by atoms with Crippen LogP contribution >= 0.6 is 0 Å². The Morgan fingerprint density at radius 3 is 3.00 bits per heavy atom. The molecule has 0 aliphatic carbocycles. The zero-order valence-electron chi connectivity index (χ0n) is 7.50. The van der Waals surface area contributed by atoms with Crippen LogP contribution in [-0.2, 0) is 14.3 Å². The number of ether oxygens (including phenoxy) is 2. The summed E-state index contributed by atoms with van der Waals surface area (Å²) in [6.45, 7) is 5.31. The van der Waals surface area contributed by atoms with E-state index in [9.17, 15) is 4.79 Å². The summed E-state index contributed by atoms with van der Waals surface area (Å²) >= 11 is 0. The van der Waals surface area contributed by atoms with Crippen molar-refractivity contribution in [2.75, 3.05) is 19.8 Å². The highest BCUT2D eigenvalue weighted by Crippen LogP contribution is 2.01. The van der Waals surface area contributed by atoms with Crippen LogP contribution in [0.15, 0.2) is 0 Å². The van der Waals surface area contributed by atoms with Gasteiger partial charge in [-0.25, -0.2) is 0 Å². The third kappa shape index (κ3) is 2.46. The van der Waals surface area contributed by atoms with E-state index in [2.05, 4.69) is 5.32 Å². The van der Waals surface area contributed by atoms with Crippen LogP contribution in [0.5, 0.6) is 0 Å². The third-order valence-corrected chi connectivity index (χ3v) is 1.77. The summed E-state index contributed by atoms with van der Waals surface area (Å²) < 4.78 is 10.1. The number of morpholine rings is 1. The first-order chi connectivity index (χ1) is 5.74. The molecular formula is C8H15NO3. The average Bonchev–Trinajstić information content (AvgIpc) is 2.06. The Bertz CT molecular complexity index is 152. The van der Waals surface area contributed by atoms with Crippen molar-refractivity contribution in [2.45, 2.75) is 26.0 Å². The predicted molar refractivity (Wildman–Crippen MR) is 43.8 cm³/mol.